The Morgan fingerprint density at radius 3 is 2.87 bits per heavy atom. The van der Waals surface area contributed by atoms with Crippen LogP contribution in [0.3, 0.4) is 0 Å². The van der Waals surface area contributed by atoms with Gasteiger partial charge in [-0.15, -0.1) is 11.3 Å². The monoisotopic (exact) mass is 434 g/mol. The Morgan fingerprint density at radius 2 is 2.06 bits per heavy atom. The van der Waals surface area contributed by atoms with Crippen molar-refractivity contribution in [3.63, 3.8) is 0 Å². The van der Waals surface area contributed by atoms with Crippen LogP contribution in [0.15, 0.2) is 47.8 Å². The molecule has 2 aliphatic heterocycles. The third-order valence-corrected chi connectivity index (χ3v) is 6.92. The Hall–Kier alpha value is -2.70. The van der Waals surface area contributed by atoms with E-state index in [1.54, 1.807) is 11.3 Å². The minimum absolute atomic E-state index is 0.156. The van der Waals surface area contributed by atoms with Gasteiger partial charge in [-0.1, -0.05) is 24.3 Å². The maximum Gasteiger partial charge on any atom is 0.228 e. The van der Waals surface area contributed by atoms with Gasteiger partial charge in [0.2, 0.25) is 5.91 Å². The molecule has 0 unspecified atom stereocenters. The minimum atomic E-state index is 0.156. The summed E-state index contributed by atoms with van der Waals surface area (Å²) in [5.41, 5.74) is 5.72. The fraction of sp³-hybridized carbons (Fsp3) is 0.360. The highest BCUT2D eigenvalue weighted by Crippen LogP contribution is 2.32. The van der Waals surface area contributed by atoms with Crippen LogP contribution < -0.4 is 4.74 Å². The first-order valence-corrected chi connectivity index (χ1v) is 11.7. The number of thiophene rings is 1. The van der Waals surface area contributed by atoms with Crippen molar-refractivity contribution in [2.45, 2.75) is 52.0 Å². The fourth-order valence-electron chi connectivity index (χ4n) is 4.39. The van der Waals surface area contributed by atoms with Crippen LogP contribution in [0.4, 0.5) is 0 Å². The SMILES string of the molecule is C[C@H]1Cc2c(COc3ccccc3)nc3c(c2CO1)CN(C(=O)Cc1cccs1)CC3. The quantitative estimate of drug-likeness (QED) is 0.600. The molecule has 0 spiro atoms. The molecule has 2 aliphatic rings. The summed E-state index contributed by atoms with van der Waals surface area (Å²) in [6.45, 7) is 4.45. The number of aromatic nitrogens is 1. The van der Waals surface area contributed by atoms with Crippen LogP contribution in [-0.2, 0) is 48.6 Å². The van der Waals surface area contributed by atoms with Crippen molar-refractivity contribution in [2.24, 2.45) is 0 Å². The van der Waals surface area contributed by atoms with Gasteiger partial charge in [0.15, 0.2) is 0 Å². The van der Waals surface area contributed by atoms with Gasteiger partial charge in [-0.25, -0.2) is 0 Å². The number of rotatable bonds is 5. The molecule has 0 saturated heterocycles. The van der Waals surface area contributed by atoms with Gasteiger partial charge in [0.05, 0.1) is 24.8 Å². The van der Waals surface area contributed by atoms with Crippen LogP contribution >= 0.6 is 11.3 Å². The molecule has 1 amide bonds. The number of pyridine rings is 1. The lowest BCUT2D eigenvalue weighted by molar-refractivity contribution is -0.131. The van der Waals surface area contributed by atoms with Crippen molar-refractivity contribution in [3.05, 3.63) is 80.8 Å². The number of hydrogen-bond donors (Lipinski definition) is 0. The molecule has 0 radical (unpaired) electrons. The van der Waals surface area contributed by atoms with Gasteiger partial charge >= 0.3 is 0 Å². The summed E-state index contributed by atoms with van der Waals surface area (Å²) in [4.78, 5) is 21.0. The highest BCUT2D eigenvalue weighted by Gasteiger charge is 2.30. The van der Waals surface area contributed by atoms with E-state index in [0.717, 1.165) is 34.9 Å². The molecular formula is C25H26N2O3S. The molecule has 5 nitrogen and oxygen atoms in total. The molecule has 1 atom stereocenters. The average Bonchev–Trinajstić information content (AvgIpc) is 3.30. The largest absolute Gasteiger partial charge is 0.487 e. The normalized spacial score (nSPS) is 17.7. The molecule has 1 aromatic carbocycles. The number of ether oxygens (including phenoxy) is 2. The van der Waals surface area contributed by atoms with Crippen molar-refractivity contribution in [1.29, 1.82) is 0 Å². The van der Waals surface area contributed by atoms with Crippen LogP contribution in [0.25, 0.3) is 0 Å². The zero-order valence-corrected chi connectivity index (χ0v) is 18.5. The van der Waals surface area contributed by atoms with Crippen LogP contribution in [-0.4, -0.2) is 28.4 Å². The van der Waals surface area contributed by atoms with Gasteiger partial charge < -0.3 is 14.4 Å². The first-order valence-electron chi connectivity index (χ1n) is 10.8. The van der Waals surface area contributed by atoms with Crippen molar-refractivity contribution >= 4 is 17.2 Å². The van der Waals surface area contributed by atoms with Crippen molar-refractivity contribution < 1.29 is 14.3 Å². The minimum Gasteiger partial charge on any atom is -0.487 e. The Morgan fingerprint density at radius 1 is 1.19 bits per heavy atom. The second kappa shape index (κ2) is 8.81. The predicted molar refractivity (Wildman–Crippen MR) is 120 cm³/mol. The van der Waals surface area contributed by atoms with Crippen molar-refractivity contribution in [2.75, 3.05) is 6.54 Å². The molecule has 2 aromatic heterocycles. The molecule has 160 valence electrons. The highest BCUT2D eigenvalue weighted by atomic mass is 32.1. The first kappa shape index (κ1) is 20.2. The second-order valence-electron chi connectivity index (χ2n) is 8.19. The lowest BCUT2D eigenvalue weighted by atomic mass is 9.90. The maximum absolute atomic E-state index is 12.9. The van der Waals surface area contributed by atoms with Gasteiger partial charge in [-0.2, -0.15) is 0 Å². The number of benzene rings is 1. The number of para-hydroxylation sites is 1. The van der Waals surface area contributed by atoms with Gasteiger partial charge in [0.25, 0.3) is 0 Å². The lowest BCUT2D eigenvalue weighted by Crippen LogP contribution is -2.39. The predicted octanol–water partition coefficient (Wildman–Crippen LogP) is 4.31. The number of nitrogens with zero attached hydrogens (tertiary/aromatic N) is 2. The molecule has 3 aromatic rings. The first-order chi connectivity index (χ1) is 15.2. The molecule has 0 N–H and O–H groups in total. The number of carbonyl (C=O) groups excluding carboxylic acids is 1. The summed E-state index contributed by atoms with van der Waals surface area (Å²) in [6, 6.07) is 13.9. The van der Waals surface area contributed by atoms with Crippen LogP contribution in [0.2, 0.25) is 0 Å². The Kier molecular flexibility index (Phi) is 5.74. The molecule has 0 saturated carbocycles. The van der Waals surface area contributed by atoms with Crippen molar-refractivity contribution in [1.82, 2.24) is 9.88 Å². The van der Waals surface area contributed by atoms with Gasteiger partial charge in [0, 0.05) is 36.5 Å². The number of hydrogen-bond acceptors (Lipinski definition) is 5. The molecule has 4 heterocycles. The zero-order valence-electron chi connectivity index (χ0n) is 17.7. The molecule has 31 heavy (non-hydrogen) atoms. The van der Waals surface area contributed by atoms with Crippen LogP contribution in [0, 0.1) is 0 Å². The smallest absolute Gasteiger partial charge is 0.228 e. The third-order valence-electron chi connectivity index (χ3n) is 6.04. The van der Waals surface area contributed by atoms with E-state index >= 15 is 0 Å². The Bertz CT molecular complexity index is 1070. The average molecular weight is 435 g/mol. The molecular weight excluding hydrogens is 408 g/mol. The highest BCUT2D eigenvalue weighted by molar-refractivity contribution is 7.10. The third kappa shape index (κ3) is 4.36. The molecule has 6 heteroatoms. The van der Waals surface area contributed by atoms with E-state index in [1.807, 2.05) is 52.7 Å². The number of amides is 1. The molecule has 0 aliphatic carbocycles. The van der Waals surface area contributed by atoms with E-state index in [4.69, 9.17) is 14.5 Å². The second-order valence-corrected chi connectivity index (χ2v) is 9.22. The maximum atomic E-state index is 12.9. The summed E-state index contributed by atoms with van der Waals surface area (Å²) in [5, 5.41) is 2.02. The van der Waals surface area contributed by atoms with E-state index in [0.29, 0.717) is 32.7 Å². The van der Waals surface area contributed by atoms with E-state index in [-0.39, 0.29) is 12.0 Å². The number of carbonyl (C=O) groups is 1. The summed E-state index contributed by atoms with van der Waals surface area (Å²) in [7, 11) is 0. The molecule has 0 bridgehead atoms. The van der Waals surface area contributed by atoms with Gasteiger partial charge in [0.1, 0.15) is 12.4 Å². The Balaban J connectivity index is 1.40. The van der Waals surface area contributed by atoms with Gasteiger partial charge in [-0.3, -0.25) is 9.78 Å². The fourth-order valence-corrected chi connectivity index (χ4v) is 5.09. The van der Waals surface area contributed by atoms with Gasteiger partial charge in [-0.05, 0) is 47.2 Å². The summed E-state index contributed by atoms with van der Waals surface area (Å²) in [5.74, 6) is 1.03. The van der Waals surface area contributed by atoms with E-state index in [9.17, 15) is 4.79 Å². The summed E-state index contributed by atoms with van der Waals surface area (Å²) < 4.78 is 12.0. The lowest BCUT2D eigenvalue weighted by Gasteiger charge is -2.34. The van der Waals surface area contributed by atoms with E-state index < -0.39 is 0 Å². The molecule has 5 rings (SSSR count). The standard InChI is InChI=1S/C25H26N2O3S/c1-17-12-20-22(15-29-17)21-14-27(25(28)13-19-8-5-11-31-19)10-9-23(21)26-24(20)16-30-18-6-3-2-4-7-18/h2-8,11,17H,9-10,12-16H2,1H3/t17-/m0/s1. The summed E-state index contributed by atoms with van der Waals surface area (Å²) >= 11 is 1.64. The Labute approximate surface area is 186 Å². The summed E-state index contributed by atoms with van der Waals surface area (Å²) in [6.07, 6.45) is 2.22. The van der Waals surface area contributed by atoms with Crippen LogP contribution in [0.1, 0.15) is 39.9 Å². The number of fused-ring (bicyclic) bond motifs is 3. The van der Waals surface area contributed by atoms with E-state index in [2.05, 4.69) is 6.92 Å². The van der Waals surface area contributed by atoms with E-state index in [1.165, 1.54) is 16.7 Å². The van der Waals surface area contributed by atoms with Crippen molar-refractivity contribution in [3.8, 4) is 5.75 Å². The molecule has 0 fully saturated rings. The zero-order chi connectivity index (χ0) is 21.2. The topological polar surface area (TPSA) is 51.7 Å². The van der Waals surface area contributed by atoms with Crippen LogP contribution in [0.5, 0.6) is 5.75 Å².